The fourth-order valence-corrected chi connectivity index (χ4v) is 4.35. The number of halogens is 2. The Bertz CT molecular complexity index is 1010. The summed E-state index contributed by atoms with van der Waals surface area (Å²) in [7, 11) is 1.55. The third-order valence-corrected chi connectivity index (χ3v) is 5.28. The van der Waals surface area contributed by atoms with Crippen molar-refractivity contribution in [1.29, 1.82) is 0 Å². The normalized spacial score (nSPS) is 14.9. The summed E-state index contributed by atoms with van der Waals surface area (Å²) in [5.74, 6) is -0.420. The predicted molar refractivity (Wildman–Crippen MR) is 116 cm³/mol. The van der Waals surface area contributed by atoms with Crippen LogP contribution in [0.2, 0.25) is 0 Å². The third-order valence-electron chi connectivity index (χ3n) is 4.10. The van der Waals surface area contributed by atoms with Gasteiger partial charge < -0.3 is 15.4 Å². The standard InChI is InChI=1S/C20H17Br2N3O4/c1-11-4-3-5-13(6-11)23-17(26)10-25-19(27)16(24-20(25)28)9-12-7-14(21)18(29-2)15(22)8-12/h3-9H,10H2,1-2H3,(H,23,26)(H,24,28)/b16-9+. The molecule has 0 spiro atoms. The molecule has 2 aromatic carbocycles. The molecule has 150 valence electrons. The number of ether oxygens (including phenoxy) is 1. The first-order valence-electron chi connectivity index (χ1n) is 8.52. The van der Waals surface area contributed by atoms with Crippen LogP contribution in [0.15, 0.2) is 51.0 Å². The Morgan fingerprint density at radius 2 is 1.90 bits per heavy atom. The quantitative estimate of drug-likeness (QED) is 0.458. The van der Waals surface area contributed by atoms with Crippen LogP contribution in [0.3, 0.4) is 0 Å². The van der Waals surface area contributed by atoms with Crippen LogP contribution >= 0.6 is 31.9 Å². The molecule has 1 aliphatic rings. The lowest BCUT2D eigenvalue weighted by molar-refractivity contribution is -0.127. The summed E-state index contributed by atoms with van der Waals surface area (Å²) in [6, 6.07) is 10.1. The number of urea groups is 1. The number of nitrogens with one attached hydrogen (secondary N) is 2. The van der Waals surface area contributed by atoms with E-state index >= 15 is 0 Å². The topological polar surface area (TPSA) is 87.7 Å². The molecule has 0 bridgehead atoms. The highest BCUT2D eigenvalue weighted by Crippen LogP contribution is 2.35. The van der Waals surface area contributed by atoms with E-state index in [1.54, 1.807) is 31.4 Å². The average molecular weight is 523 g/mol. The van der Waals surface area contributed by atoms with E-state index in [-0.39, 0.29) is 12.2 Å². The van der Waals surface area contributed by atoms with Crippen LogP contribution in [-0.2, 0) is 9.59 Å². The van der Waals surface area contributed by atoms with E-state index in [1.807, 2.05) is 19.1 Å². The molecule has 1 heterocycles. The molecule has 1 aliphatic heterocycles. The molecule has 0 saturated carbocycles. The molecule has 29 heavy (non-hydrogen) atoms. The summed E-state index contributed by atoms with van der Waals surface area (Å²) in [6.45, 7) is 1.52. The number of carbonyl (C=O) groups excluding carboxylic acids is 3. The van der Waals surface area contributed by atoms with Gasteiger partial charge in [-0.05, 0) is 80.3 Å². The van der Waals surface area contributed by atoms with Crippen molar-refractivity contribution in [3.05, 3.63) is 62.2 Å². The molecule has 2 aromatic rings. The lowest BCUT2D eigenvalue weighted by atomic mass is 10.2. The van der Waals surface area contributed by atoms with Gasteiger partial charge >= 0.3 is 6.03 Å². The monoisotopic (exact) mass is 521 g/mol. The number of methoxy groups -OCH3 is 1. The van der Waals surface area contributed by atoms with Gasteiger partial charge in [0.1, 0.15) is 18.0 Å². The summed E-state index contributed by atoms with van der Waals surface area (Å²) in [5.41, 5.74) is 2.34. The highest BCUT2D eigenvalue weighted by atomic mass is 79.9. The van der Waals surface area contributed by atoms with Crippen molar-refractivity contribution in [1.82, 2.24) is 10.2 Å². The Kier molecular flexibility index (Phi) is 6.39. The number of hydrogen-bond acceptors (Lipinski definition) is 4. The number of nitrogens with zero attached hydrogens (tertiary/aromatic N) is 1. The van der Waals surface area contributed by atoms with Gasteiger partial charge in [-0.2, -0.15) is 0 Å². The van der Waals surface area contributed by atoms with Crippen molar-refractivity contribution < 1.29 is 19.1 Å². The lowest BCUT2D eigenvalue weighted by Crippen LogP contribution is -2.38. The number of imide groups is 1. The molecule has 4 amide bonds. The van der Waals surface area contributed by atoms with Crippen molar-refractivity contribution in [3.63, 3.8) is 0 Å². The van der Waals surface area contributed by atoms with Crippen molar-refractivity contribution in [2.75, 3.05) is 19.0 Å². The minimum absolute atomic E-state index is 0.0855. The summed E-state index contributed by atoms with van der Waals surface area (Å²) >= 11 is 6.79. The number of amides is 4. The molecule has 0 atom stereocenters. The zero-order valence-corrected chi connectivity index (χ0v) is 18.8. The van der Waals surface area contributed by atoms with Crippen molar-refractivity contribution >= 4 is 61.5 Å². The lowest BCUT2D eigenvalue weighted by Gasteiger charge is -2.12. The fraction of sp³-hybridized carbons (Fsp3) is 0.150. The minimum Gasteiger partial charge on any atom is -0.494 e. The molecular weight excluding hydrogens is 506 g/mol. The second-order valence-electron chi connectivity index (χ2n) is 6.31. The first-order chi connectivity index (χ1) is 13.8. The number of hydrogen-bond donors (Lipinski definition) is 2. The first kappa shape index (κ1) is 21.1. The van der Waals surface area contributed by atoms with Crippen LogP contribution in [0.1, 0.15) is 11.1 Å². The molecule has 2 N–H and O–H groups in total. The van der Waals surface area contributed by atoms with E-state index in [0.29, 0.717) is 25.9 Å². The Morgan fingerprint density at radius 1 is 1.21 bits per heavy atom. The van der Waals surface area contributed by atoms with E-state index in [4.69, 9.17) is 4.74 Å². The van der Waals surface area contributed by atoms with Crippen LogP contribution in [0.4, 0.5) is 10.5 Å². The van der Waals surface area contributed by atoms with Gasteiger partial charge in [-0.25, -0.2) is 9.69 Å². The Hall–Kier alpha value is -2.65. The highest BCUT2D eigenvalue weighted by molar-refractivity contribution is 9.11. The number of carbonyl (C=O) groups is 3. The summed E-state index contributed by atoms with van der Waals surface area (Å²) in [6.07, 6.45) is 1.54. The van der Waals surface area contributed by atoms with Crippen LogP contribution < -0.4 is 15.4 Å². The first-order valence-corrected chi connectivity index (χ1v) is 10.1. The average Bonchev–Trinajstić information content (AvgIpc) is 2.89. The van der Waals surface area contributed by atoms with E-state index in [9.17, 15) is 14.4 Å². The maximum Gasteiger partial charge on any atom is 0.329 e. The van der Waals surface area contributed by atoms with Crippen molar-refractivity contribution in [2.24, 2.45) is 0 Å². The van der Waals surface area contributed by atoms with Crippen LogP contribution in [0.5, 0.6) is 5.75 Å². The van der Waals surface area contributed by atoms with Gasteiger partial charge in [-0.1, -0.05) is 12.1 Å². The molecule has 3 rings (SSSR count). The predicted octanol–water partition coefficient (Wildman–Crippen LogP) is 4.06. The number of benzene rings is 2. The molecule has 9 heteroatoms. The van der Waals surface area contributed by atoms with Crippen molar-refractivity contribution in [3.8, 4) is 5.75 Å². The van der Waals surface area contributed by atoms with Gasteiger partial charge in [0, 0.05) is 5.69 Å². The van der Waals surface area contributed by atoms with Gasteiger partial charge in [-0.3, -0.25) is 9.59 Å². The smallest absolute Gasteiger partial charge is 0.329 e. The second kappa shape index (κ2) is 8.79. The number of anilines is 1. The largest absolute Gasteiger partial charge is 0.494 e. The molecule has 0 aromatic heterocycles. The van der Waals surface area contributed by atoms with Gasteiger partial charge in [0.2, 0.25) is 5.91 Å². The Morgan fingerprint density at radius 3 is 2.52 bits per heavy atom. The fourth-order valence-electron chi connectivity index (χ4n) is 2.81. The summed E-state index contributed by atoms with van der Waals surface area (Å²) in [4.78, 5) is 37.9. The molecule has 7 nitrogen and oxygen atoms in total. The van der Waals surface area contributed by atoms with E-state index in [0.717, 1.165) is 10.5 Å². The highest BCUT2D eigenvalue weighted by Gasteiger charge is 2.35. The maximum absolute atomic E-state index is 12.6. The minimum atomic E-state index is -0.646. The SMILES string of the molecule is COc1c(Br)cc(/C=C2/NC(=O)N(CC(=O)Nc3cccc(C)c3)C2=O)cc1Br. The molecule has 1 saturated heterocycles. The molecule has 0 unspecified atom stereocenters. The van der Waals surface area contributed by atoms with Crippen LogP contribution in [0.25, 0.3) is 6.08 Å². The van der Waals surface area contributed by atoms with E-state index < -0.39 is 17.8 Å². The molecule has 0 aliphatic carbocycles. The third kappa shape index (κ3) is 4.86. The van der Waals surface area contributed by atoms with Gasteiger partial charge in [0.25, 0.3) is 5.91 Å². The molecule has 0 radical (unpaired) electrons. The summed E-state index contributed by atoms with van der Waals surface area (Å²) < 4.78 is 6.63. The van der Waals surface area contributed by atoms with Crippen molar-refractivity contribution in [2.45, 2.75) is 6.92 Å². The zero-order valence-electron chi connectivity index (χ0n) is 15.6. The maximum atomic E-state index is 12.6. The van der Waals surface area contributed by atoms with E-state index in [2.05, 4.69) is 42.5 Å². The second-order valence-corrected chi connectivity index (χ2v) is 8.02. The molecule has 1 fully saturated rings. The van der Waals surface area contributed by atoms with E-state index in [1.165, 1.54) is 6.08 Å². The zero-order chi connectivity index (χ0) is 21.1. The Labute approximate surface area is 184 Å². The van der Waals surface area contributed by atoms with Gasteiger partial charge in [0.15, 0.2) is 0 Å². The Balaban J connectivity index is 1.74. The number of rotatable bonds is 5. The number of aryl methyl sites for hydroxylation is 1. The molecular formula is C20H17Br2N3O4. The summed E-state index contributed by atoms with van der Waals surface area (Å²) in [5, 5.41) is 5.19. The van der Waals surface area contributed by atoms with Crippen LogP contribution in [0, 0.1) is 6.92 Å². The van der Waals surface area contributed by atoms with Crippen LogP contribution in [-0.4, -0.2) is 36.4 Å². The van der Waals surface area contributed by atoms with Gasteiger partial charge in [0.05, 0.1) is 16.1 Å². The van der Waals surface area contributed by atoms with Gasteiger partial charge in [-0.15, -0.1) is 0 Å².